The molecule has 1 heterocycles. The van der Waals surface area contributed by atoms with Crippen molar-refractivity contribution >= 4 is 11.7 Å². The number of Topliss-reactive ketones (excluding diaryl/α,β-unsaturated/α-hetero) is 1. The predicted molar refractivity (Wildman–Crippen MR) is 59.6 cm³/mol. The second-order valence-corrected chi connectivity index (χ2v) is 3.43. The standard InChI is InChI=1S/C11H16N2O3/c1-8(14)9-4-5-10(16-9)11(15)13-7-3-6-12-2/h4-5,12H,3,6-7H2,1-2H3,(H,13,15). The van der Waals surface area contributed by atoms with Gasteiger partial charge in [-0.15, -0.1) is 0 Å². The van der Waals surface area contributed by atoms with Crippen molar-refractivity contribution in [1.29, 1.82) is 0 Å². The van der Waals surface area contributed by atoms with Crippen LogP contribution in [0.15, 0.2) is 16.5 Å². The van der Waals surface area contributed by atoms with Gasteiger partial charge in [0.15, 0.2) is 17.3 Å². The summed E-state index contributed by atoms with van der Waals surface area (Å²) in [5.74, 6) is -0.0899. The van der Waals surface area contributed by atoms with Gasteiger partial charge in [-0.05, 0) is 32.1 Å². The monoisotopic (exact) mass is 224 g/mol. The molecule has 88 valence electrons. The molecule has 0 atom stereocenters. The first-order chi connectivity index (χ1) is 7.65. The lowest BCUT2D eigenvalue weighted by Gasteiger charge is -2.02. The van der Waals surface area contributed by atoms with E-state index < -0.39 is 0 Å². The topological polar surface area (TPSA) is 71.3 Å². The fraction of sp³-hybridized carbons (Fsp3) is 0.455. The molecule has 0 unspecified atom stereocenters. The average Bonchev–Trinajstić information content (AvgIpc) is 2.73. The molecule has 1 rings (SSSR count). The van der Waals surface area contributed by atoms with Crippen LogP contribution in [0.2, 0.25) is 0 Å². The molecule has 0 saturated heterocycles. The quantitative estimate of drug-likeness (QED) is 0.554. The molecule has 0 spiro atoms. The van der Waals surface area contributed by atoms with Crippen molar-refractivity contribution in [2.24, 2.45) is 0 Å². The molecule has 2 N–H and O–H groups in total. The van der Waals surface area contributed by atoms with Gasteiger partial charge in [0.1, 0.15) is 0 Å². The minimum Gasteiger partial charge on any atom is -0.448 e. The third kappa shape index (κ3) is 3.51. The molecule has 1 aromatic heterocycles. The Morgan fingerprint density at radius 1 is 1.25 bits per heavy atom. The summed E-state index contributed by atoms with van der Waals surface area (Å²) in [5, 5.41) is 5.68. The Morgan fingerprint density at radius 3 is 2.50 bits per heavy atom. The van der Waals surface area contributed by atoms with Crippen LogP contribution in [0.3, 0.4) is 0 Å². The van der Waals surface area contributed by atoms with Crippen LogP contribution >= 0.6 is 0 Å². The molecular weight excluding hydrogens is 208 g/mol. The summed E-state index contributed by atoms with van der Waals surface area (Å²) in [4.78, 5) is 22.5. The Labute approximate surface area is 94.2 Å². The van der Waals surface area contributed by atoms with Crippen LogP contribution in [-0.2, 0) is 0 Å². The lowest BCUT2D eigenvalue weighted by atomic mass is 10.3. The highest BCUT2D eigenvalue weighted by Gasteiger charge is 2.12. The summed E-state index contributed by atoms with van der Waals surface area (Å²) in [6.07, 6.45) is 0.850. The average molecular weight is 224 g/mol. The lowest BCUT2D eigenvalue weighted by molar-refractivity contribution is 0.0917. The van der Waals surface area contributed by atoms with Crippen LogP contribution in [0.4, 0.5) is 0 Å². The highest BCUT2D eigenvalue weighted by molar-refractivity contribution is 5.95. The van der Waals surface area contributed by atoms with Crippen molar-refractivity contribution in [2.45, 2.75) is 13.3 Å². The van der Waals surface area contributed by atoms with Crippen molar-refractivity contribution in [1.82, 2.24) is 10.6 Å². The molecule has 5 nitrogen and oxygen atoms in total. The fourth-order valence-corrected chi connectivity index (χ4v) is 1.20. The molecule has 0 aliphatic carbocycles. The highest BCUT2D eigenvalue weighted by Crippen LogP contribution is 2.08. The smallest absolute Gasteiger partial charge is 0.287 e. The number of ketones is 1. The third-order valence-corrected chi connectivity index (χ3v) is 2.07. The van der Waals surface area contributed by atoms with Crippen LogP contribution in [0, 0.1) is 0 Å². The Hall–Kier alpha value is -1.62. The molecule has 0 radical (unpaired) electrons. The Balaban J connectivity index is 2.43. The van der Waals surface area contributed by atoms with Gasteiger partial charge in [0.05, 0.1) is 0 Å². The largest absolute Gasteiger partial charge is 0.448 e. The van der Waals surface area contributed by atoms with Crippen molar-refractivity contribution < 1.29 is 14.0 Å². The zero-order valence-electron chi connectivity index (χ0n) is 9.50. The summed E-state index contributed by atoms with van der Waals surface area (Å²) in [6.45, 7) is 2.82. The van der Waals surface area contributed by atoms with E-state index in [0.717, 1.165) is 13.0 Å². The van der Waals surface area contributed by atoms with Gasteiger partial charge in [-0.2, -0.15) is 0 Å². The van der Waals surface area contributed by atoms with E-state index in [1.807, 2.05) is 7.05 Å². The second-order valence-electron chi connectivity index (χ2n) is 3.43. The number of carbonyl (C=O) groups excluding carboxylic acids is 2. The summed E-state index contributed by atoms with van der Waals surface area (Å²) < 4.78 is 5.09. The van der Waals surface area contributed by atoms with Crippen LogP contribution < -0.4 is 10.6 Å². The minimum absolute atomic E-state index is 0.176. The number of carbonyl (C=O) groups is 2. The van der Waals surface area contributed by atoms with Crippen molar-refractivity contribution in [2.75, 3.05) is 20.1 Å². The molecule has 0 saturated carbocycles. The van der Waals surface area contributed by atoms with Gasteiger partial charge in [-0.25, -0.2) is 0 Å². The molecule has 1 aromatic rings. The maximum atomic E-state index is 11.5. The van der Waals surface area contributed by atoms with Gasteiger partial charge >= 0.3 is 0 Å². The Morgan fingerprint density at radius 2 is 1.94 bits per heavy atom. The summed E-state index contributed by atoms with van der Waals surface area (Å²) >= 11 is 0. The summed E-state index contributed by atoms with van der Waals surface area (Å²) in [6, 6.07) is 3.01. The van der Waals surface area contributed by atoms with Crippen LogP contribution in [-0.4, -0.2) is 31.8 Å². The van der Waals surface area contributed by atoms with Crippen LogP contribution in [0.1, 0.15) is 34.5 Å². The first kappa shape index (κ1) is 12.4. The molecule has 0 aliphatic rings. The van der Waals surface area contributed by atoms with Gasteiger partial charge in [0.2, 0.25) is 0 Å². The fourth-order valence-electron chi connectivity index (χ4n) is 1.20. The highest BCUT2D eigenvalue weighted by atomic mass is 16.4. The van der Waals surface area contributed by atoms with Gasteiger partial charge in [-0.1, -0.05) is 0 Å². The summed E-state index contributed by atoms with van der Waals surface area (Å²) in [7, 11) is 1.85. The minimum atomic E-state index is -0.288. The number of amides is 1. The van der Waals surface area contributed by atoms with E-state index in [4.69, 9.17) is 4.42 Å². The van der Waals surface area contributed by atoms with E-state index in [1.165, 1.54) is 19.1 Å². The molecule has 0 fully saturated rings. The van der Waals surface area contributed by atoms with Crippen LogP contribution in [0.25, 0.3) is 0 Å². The number of furan rings is 1. The first-order valence-corrected chi connectivity index (χ1v) is 5.18. The molecular formula is C11H16N2O3. The SMILES string of the molecule is CNCCCNC(=O)c1ccc(C(C)=O)o1. The number of rotatable bonds is 6. The molecule has 0 aromatic carbocycles. The van der Waals surface area contributed by atoms with E-state index in [1.54, 1.807) is 0 Å². The number of nitrogens with one attached hydrogen (secondary N) is 2. The summed E-state index contributed by atoms with van der Waals surface area (Å²) in [5.41, 5.74) is 0. The normalized spacial score (nSPS) is 10.1. The lowest BCUT2D eigenvalue weighted by Crippen LogP contribution is -2.26. The molecule has 16 heavy (non-hydrogen) atoms. The Kier molecular flexibility index (Phi) is 4.72. The van der Waals surface area contributed by atoms with Crippen molar-refractivity contribution in [3.63, 3.8) is 0 Å². The maximum Gasteiger partial charge on any atom is 0.287 e. The molecule has 0 bridgehead atoms. The number of hydrogen-bond donors (Lipinski definition) is 2. The van der Waals surface area contributed by atoms with Gasteiger partial charge < -0.3 is 15.1 Å². The van der Waals surface area contributed by atoms with Crippen molar-refractivity contribution in [3.8, 4) is 0 Å². The van der Waals surface area contributed by atoms with E-state index >= 15 is 0 Å². The second kappa shape index (κ2) is 6.07. The molecule has 1 amide bonds. The van der Waals surface area contributed by atoms with Gasteiger partial charge in [-0.3, -0.25) is 9.59 Å². The molecule has 0 aliphatic heterocycles. The van der Waals surface area contributed by atoms with E-state index in [0.29, 0.717) is 6.54 Å². The zero-order chi connectivity index (χ0) is 12.0. The van der Waals surface area contributed by atoms with E-state index in [-0.39, 0.29) is 23.2 Å². The third-order valence-electron chi connectivity index (χ3n) is 2.07. The van der Waals surface area contributed by atoms with Crippen molar-refractivity contribution in [3.05, 3.63) is 23.7 Å². The van der Waals surface area contributed by atoms with Gasteiger partial charge in [0, 0.05) is 13.5 Å². The van der Waals surface area contributed by atoms with E-state index in [2.05, 4.69) is 10.6 Å². The molecule has 5 heteroatoms. The van der Waals surface area contributed by atoms with Crippen LogP contribution in [0.5, 0.6) is 0 Å². The maximum absolute atomic E-state index is 11.5. The number of hydrogen-bond acceptors (Lipinski definition) is 4. The van der Waals surface area contributed by atoms with Gasteiger partial charge in [0.25, 0.3) is 5.91 Å². The zero-order valence-corrected chi connectivity index (χ0v) is 9.50. The predicted octanol–water partition coefficient (Wildman–Crippen LogP) is 0.821. The first-order valence-electron chi connectivity index (χ1n) is 5.18. The Bertz CT molecular complexity index is 371. The van der Waals surface area contributed by atoms with E-state index in [9.17, 15) is 9.59 Å².